The molecule has 0 spiro atoms. The van der Waals surface area contributed by atoms with Crippen LogP contribution < -0.4 is 0 Å². The van der Waals surface area contributed by atoms with Crippen LogP contribution in [0.15, 0.2) is 36.7 Å². The average molecular weight is 425 g/mol. The molecule has 2 atom stereocenters. The van der Waals surface area contributed by atoms with Gasteiger partial charge in [-0.1, -0.05) is 76.6 Å². The van der Waals surface area contributed by atoms with E-state index in [2.05, 4.69) is 23.8 Å². The molecule has 1 saturated heterocycles. The molecule has 1 aliphatic heterocycles. The van der Waals surface area contributed by atoms with Gasteiger partial charge in [-0.2, -0.15) is 0 Å². The Morgan fingerprint density at radius 1 is 0.871 bits per heavy atom. The lowest BCUT2D eigenvalue weighted by Gasteiger charge is -2.29. The number of carbonyl (C=O) groups excluding carboxylic acids is 1. The molecular weight excluding hydrogens is 388 g/mol. The van der Waals surface area contributed by atoms with Crippen LogP contribution in [-0.2, 0) is 15.9 Å². The van der Waals surface area contributed by atoms with E-state index < -0.39 is 6.16 Å². The third-order valence-corrected chi connectivity index (χ3v) is 5.92. The number of aromatic nitrogens is 2. The minimum absolute atomic E-state index is 0.0593. The number of carbonyl (C=O) groups is 1. The van der Waals surface area contributed by atoms with Crippen LogP contribution in [0.3, 0.4) is 0 Å². The molecule has 0 amide bonds. The minimum Gasteiger partial charge on any atom is -0.431 e. The summed E-state index contributed by atoms with van der Waals surface area (Å²) in [6.07, 6.45) is 15.3. The van der Waals surface area contributed by atoms with Crippen molar-refractivity contribution in [3.63, 3.8) is 0 Å². The number of cyclic esters (lactones) is 2. The number of nitrogens with zero attached hydrogens (tertiary/aromatic N) is 2. The normalized spacial score (nSPS) is 18.5. The van der Waals surface area contributed by atoms with Crippen LogP contribution in [-0.4, -0.2) is 22.2 Å². The van der Waals surface area contributed by atoms with Crippen LogP contribution in [0.5, 0.6) is 0 Å². The first-order chi connectivity index (χ1) is 15.2. The summed E-state index contributed by atoms with van der Waals surface area (Å²) in [5.74, 6) is 0.724. The second-order valence-corrected chi connectivity index (χ2v) is 8.53. The molecule has 1 aromatic carbocycles. The van der Waals surface area contributed by atoms with E-state index in [1.165, 1.54) is 50.5 Å². The Kier molecular flexibility index (Phi) is 9.32. The van der Waals surface area contributed by atoms with E-state index in [9.17, 15) is 4.79 Å². The zero-order chi connectivity index (χ0) is 21.9. The fourth-order valence-corrected chi connectivity index (χ4v) is 4.03. The molecule has 0 unspecified atom stereocenters. The topological polar surface area (TPSA) is 61.3 Å². The molecule has 5 heteroatoms. The molecule has 1 fully saturated rings. The zero-order valence-corrected chi connectivity index (χ0v) is 19.0. The van der Waals surface area contributed by atoms with E-state index in [1.54, 1.807) is 0 Å². The maximum Gasteiger partial charge on any atom is 0.509 e. The third kappa shape index (κ3) is 7.34. The van der Waals surface area contributed by atoms with Crippen molar-refractivity contribution in [2.75, 3.05) is 0 Å². The minimum atomic E-state index is -0.557. The maximum atomic E-state index is 11.9. The summed E-state index contributed by atoms with van der Waals surface area (Å²) in [6, 6.07) is 8.03. The van der Waals surface area contributed by atoms with Gasteiger partial charge in [-0.15, -0.1) is 0 Å². The van der Waals surface area contributed by atoms with E-state index >= 15 is 0 Å². The van der Waals surface area contributed by atoms with Gasteiger partial charge < -0.3 is 9.47 Å². The first kappa shape index (κ1) is 23.2. The largest absolute Gasteiger partial charge is 0.509 e. The summed E-state index contributed by atoms with van der Waals surface area (Å²) in [4.78, 5) is 21.0. The fourth-order valence-electron chi connectivity index (χ4n) is 4.03. The van der Waals surface area contributed by atoms with E-state index in [-0.39, 0.29) is 12.2 Å². The molecule has 5 nitrogen and oxygen atoms in total. The number of aryl methyl sites for hydroxylation is 1. The van der Waals surface area contributed by atoms with Crippen molar-refractivity contribution in [2.24, 2.45) is 0 Å². The second kappa shape index (κ2) is 12.4. The van der Waals surface area contributed by atoms with Gasteiger partial charge in [-0.05, 0) is 36.8 Å². The van der Waals surface area contributed by atoms with Crippen molar-refractivity contribution in [3.8, 4) is 11.4 Å². The predicted molar refractivity (Wildman–Crippen MR) is 123 cm³/mol. The van der Waals surface area contributed by atoms with Gasteiger partial charge in [0.05, 0.1) is 0 Å². The molecule has 0 radical (unpaired) electrons. The molecule has 31 heavy (non-hydrogen) atoms. The quantitative estimate of drug-likeness (QED) is 0.266. The van der Waals surface area contributed by atoms with Crippen molar-refractivity contribution >= 4 is 6.16 Å². The van der Waals surface area contributed by atoms with Crippen LogP contribution in [0.1, 0.15) is 95.3 Å². The average Bonchev–Trinajstić information content (AvgIpc) is 2.80. The maximum absolute atomic E-state index is 11.9. The van der Waals surface area contributed by atoms with Gasteiger partial charge in [0.1, 0.15) is 12.2 Å². The summed E-state index contributed by atoms with van der Waals surface area (Å²) in [5.41, 5.74) is 3.15. The monoisotopic (exact) mass is 424 g/mol. The highest BCUT2D eigenvalue weighted by molar-refractivity contribution is 5.62. The van der Waals surface area contributed by atoms with Crippen LogP contribution in [0.25, 0.3) is 11.4 Å². The van der Waals surface area contributed by atoms with Gasteiger partial charge in [0.25, 0.3) is 0 Å². The molecule has 3 rings (SSSR count). The van der Waals surface area contributed by atoms with E-state index in [4.69, 9.17) is 9.47 Å². The fraction of sp³-hybridized carbons (Fsp3) is 0.577. The molecule has 1 aromatic heterocycles. The van der Waals surface area contributed by atoms with E-state index in [0.29, 0.717) is 6.42 Å². The molecular formula is C26H36N2O3. The predicted octanol–water partition coefficient (Wildman–Crippen LogP) is 7.20. The zero-order valence-electron chi connectivity index (χ0n) is 19.0. The van der Waals surface area contributed by atoms with Gasteiger partial charge in [0.15, 0.2) is 5.82 Å². The van der Waals surface area contributed by atoms with Crippen LogP contribution in [0.4, 0.5) is 4.79 Å². The summed E-state index contributed by atoms with van der Waals surface area (Å²) < 4.78 is 10.8. The van der Waals surface area contributed by atoms with Gasteiger partial charge in [-0.3, -0.25) is 0 Å². The van der Waals surface area contributed by atoms with Crippen molar-refractivity contribution in [1.82, 2.24) is 9.97 Å². The standard InChI is InChI=1S/C26H36N2O3/c1-3-5-7-9-11-20-18-27-25(28-19-20)22-15-13-21(14-16-22)24-17-23(30-26(29)31-24)12-10-8-6-4-2/h13-16,18-19,23-24H,3-12,17H2,1-2H3/t23-,24-/m1/s1. The SMILES string of the molecule is CCCCCCc1cnc(-c2ccc([C@H]3C[C@@H](CCCCCC)OC(=O)O3)cc2)nc1. The summed E-state index contributed by atoms with van der Waals surface area (Å²) in [7, 11) is 0. The van der Waals surface area contributed by atoms with E-state index in [1.807, 2.05) is 36.7 Å². The number of hydrogen-bond donors (Lipinski definition) is 0. The van der Waals surface area contributed by atoms with Gasteiger partial charge in [0, 0.05) is 24.4 Å². The van der Waals surface area contributed by atoms with Gasteiger partial charge in [-0.25, -0.2) is 14.8 Å². The molecule has 0 aliphatic carbocycles. The number of rotatable bonds is 12. The molecule has 2 aromatic rings. The number of ether oxygens (including phenoxy) is 2. The number of hydrogen-bond acceptors (Lipinski definition) is 5. The van der Waals surface area contributed by atoms with Crippen molar-refractivity contribution < 1.29 is 14.3 Å². The Balaban J connectivity index is 1.55. The summed E-state index contributed by atoms with van der Waals surface area (Å²) in [5, 5.41) is 0. The lowest BCUT2D eigenvalue weighted by atomic mass is 9.98. The molecule has 0 N–H and O–H groups in total. The van der Waals surface area contributed by atoms with Gasteiger partial charge in [0.2, 0.25) is 0 Å². The highest BCUT2D eigenvalue weighted by Gasteiger charge is 2.30. The Bertz CT molecular complexity index is 789. The molecule has 1 aliphatic rings. The molecule has 0 saturated carbocycles. The summed E-state index contributed by atoms with van der Waals surface area (Å²) >= 11 is 0. The van der Waals surface area contributed by atoms with Crippen molar-refractivity contribution in [2.45, 2.75) is 96.7 Å². The van der Waals surface area contributed by atoms with Crippen molar-refractivity contribution in [3.05, 3.63) is 47.8 Å². The lowest BCUT2D eigenvalue weighted by Crippen LogP contribution is -2.29. The highest BCUT2D eigenvalue weighted by atomic mass is 16.7. The highest BCUT2D eigenvalue weighted by Crippen LogP contribution is 2.32. The van der Waals surface area contributed by atoms with Crippen LogP contribution in [0.2, 0.25) is 0 Å². The summed E-state index contributed by atoms with van der Waals surface area (Å²) in [6.45, 7) is 4.42. The Morgan fingerprint density at radius 3 is 2.23 bits per heavy atom. The van der Waals surface area contributed by atoms with Crippen LogP contribution >= 0.6 is 0 Å². The Labute approximate surface area is 186 Å². The van der Waals surface area contributed by atoms with Crippen LogP contribution in [0, 0.1) is 0 Å². The molecule has 0 bridgehead atoms. The number of unbranched alkanes of at least 4 members (excludes halogenated alkanes) is 6. The Morgan fingerprint density at radius 2 is 1.55 bits per heavy atom. The van der Waals surface area contributed by atoms with Crippen molar-refractivity contribution in [1.29, 1.82) is 0 Å². The van der Waals surface area contributed by atoms with Gasteiger partial charge >= 0.3 is 6.16 Å². The second-order valence-electron chi connectivity index (χ2n) is 8.53. The first-order valence-electron chi connectivity index (χ1n) is 12.0. The Hall–Kier alpha value is -2.43. The third-order valence-electron chi connectivity index (χ3n) is 5.92. The molecule has 168 valence electrons. The number of benzene rings is 1. The lowest BCUT2D eigenvalue weighted by molar-refractivity contribution is -0.0638. The smallest absolute Gasteiger partial charge is 0.431 e. The first-order valence-corrected chi connectivity index (χ1v) is 12.0. The van der Waals surface area contributed by atoms with E-state index in [0.717, 1.165) is 36.2 Å². The molecule has 2 heterocycles.